The summed E-state index contributed by atoms with van der Waals surface area (Å²) in [4.78, 5) is 34.6. The fourth-order valence-electron chi connectivity index (χ4n) is 3.38. The van der Waals surface area contributed by atoms with Crippen LogP contribution in [0.3, 0.4) is 0 Å². The summed E-state index contributed by atoms with van der Waals surface area (Å²) in [5.74, 6) is -1.54. The van der Waals surface area contributed by atoms with Gasteiger partial charge in [-0.05, 0) is 24.3 Å². The van der Waals surface area contributed by atoms with Gasteiger partial charge in [-0.15, -0.1) is 0 Å². The van der Waals surface area contributed by atoms with Crippen LogP contribution in [0.4, 0.5) is 24.5 Å². The Bertz CT molecular complexity index is 1130. The normalized spacial score (nSPS) is 20.4. The highest BCUT2D eigenvalue weighted by molar-refractivity contribution is 6.24. The Kier molecular flexibility index (Phi) is 4.26. The Balaban J connectivity index is 1.78. The minimum atomic E-state index is -4.52. The lowest BCUT2D eigenvalue weighted by molar-refractivity contribution is -0.137. The number of carbonyl (C=O) groups excluding carboxylic acids is 2. The molecule has 0 aliphatic carbocycles. The highest BCUT2D eigenvalue weighted by Crippen LogP contribution is 2.44. The molecule has 1 atom stereocenters. The van der Waals surface area contributed by atoms with E-state index >= 15 is 0 Å². The number of carbonyl (C=O) groups is 2. The van der Waals surface area contributed by atoms with Crippen molar-refractivity contribution in [3.05, 3.63) is 59.7 Å². The van der Waals surface area contributed by atoms with Gasteiger partial charge in [0.1, 0.15) is 0 Å². The van der Waals surface area contributed by atoms with E-state index in [0.29, 0.717) is 11.3 Å². The molecule has 2 aromatic rings. The molecule has 1 spiro atoms. The van der Waals surface area contributed by atoms with E-state index in [2.05, 4.69) is 20.6 Å². The van der Waals surface area contributed by atoms with Crippen LogP contribution in [0.2, 0.25) is 0 Å². The topological polar surface area (TPSA) is 112 Å². The molecule has 0 saturated heterocycles. The first-order valence-corrected chi connectivity index (χ1v) is 8.73. The van der Waals surface area contributed by atoms with Crippen LogP contribution in [-0.2, 0) is 21.4 Å². The number of para-hydroxylation sites is 1. The van der Waals surface area contributed by atoms with E-state index in [1.54, 1.807) is 24.3 Å². The summed E-state index contributed by atoms with van der Waals surface area (Å²) in [7, 11) is 0. The van der Waals surface area contributed by atoms with Gasteiger partial charge in [-0.25, -0.2) is 14.9 Å². The molecule has 0 radical (unpaired) electrons. The van der Waals surface area contributed by atoms with Crippen LogP contribution in [0.5, 0.6) is 0 Å². The average Bonchev–Trinajstić information content (AvgIpc) is 2.89. The Hall–Kier alpha value is -3.89. The van der Waals surface area contributed by atoms with E-state index in [4.69, 9.17) is 5.73 Å². The first kappa shape index (κ1) is 19.4. The molecule has 4 rings (SSSR count). The van der Waals surface area contributed by atoms with Gasteiger partial charge in [0.05, 0.1) is 11.3 Å². The average molecular weight is 416 g/mol. The number of rotatable bonds is 1. The lowest BCUT2D eigenvalue weighted by Gasteiger charge is -2.27. The standard InChI is InChI=1S/C19H15F3N6O2/c1-10(29)28-14-8-3-2-7-13(14)18(15(28)30)26-16(23)25-17(27-18)24-12-6-4-5-11(9-12)19(20,21)22/h2-9H,1H3,(H4,23,24,25,26,27). The van der Waals surface area contributed by atoms with Crippen molar-refractivity contribution >= 4 is 35.1 Å². The third-order valence-electron chi connectivity index (χ3n) is 4.59. The van der Waals surface area contributed by atoms with E-state index in [1.807, 2.05) is 0 Å². The summed E-state index contributed by atoms with van der Waals surface area (Å²) in [6, 6.07) is 10.9. The number of imide groups is 1. The Morgan fingerprint density at radius 1 is 1.17 bits per heavy atom. The molecule has 0 aromatic heterocycles. The number of anilines is 2. The van der Waals surface area contributed by atoms with E-state index in [-0.39, 0.29) is 17.6 Å². The van der Waals surface area contributed by atoms with Crippen LogP contribution < -0.4 is 21.3 Å². The minimum Gasteiger partial charge on any atom is -0.370 e. The number of hydrogen-bond donors (Lipinski definition) is 3. The fraction of sp³-hybridized carbons (Fsp3) is 0.158. The van der Waals surface area contributed by atoms with Gasteiger partial charge in [0.25, 0.3) is 11.6 Å². The highest BCUT2D eigenvalue weighted by Gasteiger charge is 2.54. The largest absolute Gasteiger partial charge is 0.416 e. The number of benzene rings is 2. The molecular formula is C19H15F3N6O2. The third kappa shape index (κ3) is 3.04. The molecule has 2 aliphatic heterocycles. The van der Waals surface area contributed by atoms with Crippen molar-refractivity contribution in [3.8, 4) is 0 Å². The van der Waals surface area contributed by atoms with Crippen molar-refractivity contribution in [2.45, 2.75) is 18.8 Å². The summed E-state index contributed by atoms with van der Waals surface area (Å²) in [5, 5.41) is 5.29. The number of halogens is 3. The van der Waals surface area contributed by atoms with Gasteiger partial charge < -0.3 is 11.1 Å². The van der Waals surface area contributed by atoms with Gasteiger partial charge in [-0.3, -0.25) is 14.9 Å². The number of hydrogen-bond acceptors (Lipinski definition) is 7. The van der Waals surface area contributed by atoms with Gasteiger partial charge >= 0.3 is 6.18 Å². The lowest BCUT2D eigenvalue weighted by Crippen LogP contribution is -2.51. The second kappa shape index (κ2) is 6.58. The molecule has 30 heavy (non-hydrogen) atoms. The van der Waals surface area contributed by atoms with E-state index in [9.17, 15) is 22.8 Å². The van der Waals surface area contributed by atoms with Crippen LogP contribution in [0.25, 0.3) is 0 Å². The van der Waals surface area contributed by atoms with Crippen molar-refractivity contribution in [2.75, 3.05) is 10.2 Å². The van der Waals surface area contributed by atoms with E-state index < -0.39 is 29.2 Å². The molecule has 8 nitrogen and oxygen atoms in total. The first-order chi connectivity index (χ1) is 14.1. The zero-order chi connectivity index (χ0) is 21.7. The molecule has 1 unspecified atom stereocenters. The number of aliphatic imine (C=N–C) groups is 2. The lowest BCUT2D eigenvalue weighted by atomic mass is 10.0. The van der Waals surface area contributed by atoms with Crippen LogP contribution in [-0.4, -0.2) is 23.7 Å². The molecule has 2 amide bonds. The third-order valence-corrected chi connectivity index (χ3v) is 4.59. The van der Waals surface area contributed by atoms with Gasteiger partial charge in [-0.1, -0.05) is 24.3 Å². The van der Waals surface area contributed by atoms with Crippen LogP contribution >= 0.6 is 0 Å². The van der Waals surface area contributed by atoms with E-state index in [0.717, 1.165) is 17.0 Å². The Morgan fingerprint density at radius 3 is 2.60 bits per heavy atom. The SMILES string of the molecule is CC(=O)N1C(=O)C2(N=C(N)NC(Nc3cccc(C(F)(F)F)c3)=N2)c2ccccc21. The molecule has 154 valence electrons. The maximum Gasteiger partial charge on any atom is 0.416 e. The number of fused-ring (bicyclic) bond motifs is 2. The van der Waals surface area contributed by atoms with Gasteiger partial charge in [0, 0.05) is 18.2 Å². The van der Waals surface area contributed by atoms with Crippen molar-refractivity contribution in [3.63, 3.8) is 0 Å². The predicted molar refractivity (Wildman–Crippen MR) is 104 cm³/mol. The molecule has 2 heterocycles. The van der Waals surface area contributed by atoms with Crippen LogP contribution in [0.1, 0.15) is 18.1 Å². The number of nitrogens with two attached hydrogens (primary N) is 1. The maximum absolute atomic E-state index is 13.1. The summed E-state index contributed by atoms with van der Waals surface area (Å²) in [6.45, 7) is 1.23. The van der Waals surface area contributed by atoms with Gasteiger partial charge in [-0.2, -0.15) is 13.2 Å². The molecule has 2 aromatic carbocycles. The number of nitrogens with one attached hydrogen (secondary N) is 2. The zero-order valence-electron chi connectivity index (χ0n) is 15.5. The molecule has 2 aliphatic rings. The Morgan fingerprint density at radius 2 is 1.90 bits per heavy atom. The second-order valence-corrected chi connectivity index (χ2v) is 6.63. The number of nitrogens with zero attached hydrogens (tertiary/aromatic N) is 3. The van der Waals surface area contributed by atoms with Gasteiger partial charge in [0.2, 0.25) is 11.9 Å². The molecule has 0 fully saturated rings. The second-order valence-electron chi connectivity index (χ2n) is 6.63. The number of alkyl halides is 3. The fourth-order valence-corrected chi connectivity index (χ4v) is 3.38. The maximum atomic E-state index is 13.1. The van der Waals surface area contributed by atoms with Crippen LogP contribution in [0.15, 0.2) is 58.5 Å². The number of amides is 2. The number of guanidine groups is 2. The summed E-state index contributed by atoms with van der Waals surface area (Å²) >= 11 is 0. The quantitative estimate of drug-likeness (QED) is 0.660. The molecule has 11 heteroatoms. The smallest absolute Gasteiger partial charge is 0.370 e. The highest BCUT2D eigenvalue weighted by atomic mass is 19.4. The van der Waals surface area contributed by atoms with Crippen molar-refractivity contribution in [1.82, 2.24) is 5.32 Å². The molecule has 4 N–H and O–H groups in total. The molecule has 0 bridgehead atoms. The van der Waals surface area contributed by atoms with Crippen molar-refractivity contribution in [2.24, 2.45) is 15.7 Å². The molecule has 0 saturated carbocycles. The Labute approximate surface area is 168 Å². The van der Waals surface area contributed by atoms with Crippen molar-refractivity contribution < 1.29 is 22.8 Å². The zero-order valence-corrected chi connectivity index (χ0v) is 15.5. The monoisotopic (exact) mass is 416 g/mol. The minimum absolute atomic E-state index is 0.0723. The summed E-state index contributed by atoms with van der Waals surface area (Å²) < 4.78 is 39.0. The van der Waals surface area contributed by atoms with Crippen LogP contribution in [0, 0.1) is 0 Å². The first-order valence-electron chi connectivity index (χ1n) is 8.73. The van der Waals surface area contributed by atoms with Crippen molar-refractivity contribution in [1.29, 1.82) is 0 Å². The van der Waals surface area contributed by atoms with Gasteiger partial charge in [0.15, 0.2) is 5.96 Å². The summed E-state index contributed by atoms with van der Waals surface area (Å²) in [5.41, 5.74) is 3.86. The molecular weight excluding hydrogens is 401 g/mol. The predicted octanol–water partition coefficient (Wildman–Crippen LogP) is 2.14. The van der Waals surface area contributed by atoms with E-state index in [1.165, 1.54) is 19.1 Å². The summed E-state index contributed by atoms with van der Waals surface area (Å²) in [6.07, 6.45) is -4.52.